The van der Waals surface area contributed by atoms with Crippen LogP contribution in [0.5, 0.6) is 0 Å². The lowest BCUT2D eigenvalue weighted by molar-refractivity contribution is 0.0950. The Morgan fingerprint density at radius 1 is 0.882 bits per heavy atom. The fourth-order valence-corrected chi connectivity index (χ4v) is 4.23. The molecule has 178 valence electrons. The van der Waals surface area contributed by atoms with Crippen molar-refractivity contribution in [1.29, 1.82) is 0 Å². The molecule has 34 heavy (non-hydrogen) atoms. The first-order valence-electron chi connectivity index (χ1n) is 10.8. The number of nitrogens with one attached hydrogen (secondary N) is 4. The summed E-state index contributed by atoms with van der Waals surface area (Å²) in [5.41, 5.74) is 3.16. The average Bonchev–Trinajstić information content (AvgIpc) is 2.79. The SMILES string of the molecule is Cc1ccccc1NS(=O)(=O)c1ccc(C(=O)NCc2ccc(NC(=O)NC(C)C)cc2)cc1. The summed E-state index contributed by atoms with van der Waals surface area (Å²) in [6, 6.07) is 19.7. The second kappa shape index (κ2) is 10.8. The van der Waals surface area contributed by atoms with Crippen LogP contribution in [0.25, 0.3) is 0 Å². The molecule has 0 saturated heterocycles. The molecule has 0 fully saturated rings. The highest BCUT2D eigenvalue weighted by atomic mass is 32.2. The van der Waals surface area contributed by atoms with E-state index in [4.69, 9.17) is 0 Å². The van der Waals surface area contributed by atoms with E-state index in [1.807, 2.05) is 32.9 Å². The minimum atomic E-state index is -3.77. The smallest absolute Gasteiger partial charge is 0.319 e. The molecular weight excluding hydrogens is 452 g/mol. The lowest BCUT2D eigenvalue weighted by atomic mass is 10.2. The van der Waals surface area contributed by atoms with Gasteiger partial charge in [0.1, 0.15) is 0 Å². The lowest BCUT2D eigenvalue weighted by Gasteiger charge is -2.11. The number of hydrogen-bond acceptors (Lipinski definition) is 4. The molecule has 0 aliphatic carbocycles. The zero-order chi connectivity index (χ0) is 24.7. The number of carbonyl (C=O) groups is 2. The second-order valence-electron chi connectivity index (χ2n) is 8.08. The maximum Gasteiger partial charge on any atom is 0.319 e. The van der Waals surface area contributed by atoms with Gasteiger partial charge in [0.15, 0.2) is 0 Å². The van der Waals surface area contributed by atoms with Crippen molar-refractivity contribution in [3.05, 3.63) is 89.5 Å². The first kappa shape index (κ1) is 24.8. The summed E-state index contributed by atoms with van der Waals surface area (Å²) in [7, 11) is -3.77. The molecular formula is C25H28N4O4S. The Hall–Kier alpha value is -3.85. The summed E-state index contributed by atoms with van der Waals surface area (Å²) in [5.74, 6) is -0.325. The minimum absolute atomic E-state index is 0.0352. The van der Waals surface area contributed by atoms with Gasteiger partial charge in [-0.05, 0) is 74.4 Å². The number of sulfonamides is 1. The predicted octanol–water partition coefficient (Wildman–Crippen LogP) is 4.26. The van der Waals surface area contributed by atoms with Crippen molar-refractivity contribution in [3.8, 4) is 0 Å². The topological polar surface area (TPSA) is 116 Å². The summed E-state index contributed by atoms with van der Waals surface area (Å²) in [5, 5.41) is 8.28. The van der Waals surface area contributed by atoms with E-state index in [1.165, 1.54) is 24.3 Å². The third-order valence-electron chi connectivity index (χ3n) is 4.90. The van der Waals surface area contributed by atoms with E-state index in [1.54, 1.807) is 36.4 Å². The van der Waals surface area contributed by atoms with E-state index in [-0.39, 0.29) is 29.4 Å². The van der Waals surface area contributed by atoms with Crippen molar-refractivity contribution < 1.29 is 18.0 Å². The number of carbonyl (C=O) groups excluding carboxylic acids is 2. The summed E-state index contributed by atoms with van der Waals surface area (Å²) in [4.78, 5) is 24.3. The van der Waals surface area contributed by atoms with Gasteiger partial charge in [-0.15, -0.1) is 0 Å². The van der Waals surface area contributed by atoms with Gasteiger partial charge >= 0.3 is 6.03 Å². The highest BCUT2D eigenvalue weighted by Gasteiger charge is 2.16. The van der Waals surface area contributed by atoms with Crippen molar-refractivity contribution in [2.75, 3.05) is 10.0 Å². The second-order valence-corrected chi connectivity index (χ2v) is 9.76. The molecule has 3 rings (SSSR count). The maximum atomic E-state index is 12.7. The number of anilines is 2. The summed E-state index contributed by atoms with van der Waals surface area (Å²) in [6.45, 7) is 5.85. The van der Waals surface area contributed by atoms with Gasteiger partial charge in [-0.25, -0.2) is 13.2 Å². The molecule has 0 aromatic heterocycles. The van der Waals surface area contributed by atoms with Gasteiger partial charge in [0.05, 0.1) is 10.6 Å². The molecule has 0 aliphatic rings. The molecule has 0 aliphatic heterocycles. The molecule has 0 spiro atoms. The van der Waals surface area contributed by atoms with Crippen molar-refractivity contribution in [2.24, 2.45) is 0 Å². The van der Waals surface area contributed by atoms with Crippen LogP contribution in [0.3, 0.4) is 0 Å². The van der Waals surface area contributed by atoms with Crippen LogP contribution < -0.4 is 20.7 Å². The fourth-order valence-electron chi connectivity index (χ4n) is 3.10. The molecule has 3 aromatic rings. The van der Waals surface area contributed by atoms with Crippen molar-refractivity contribution in [1.82, 2.24) is 10.6 Å². The van der Waals surface area contributed by atoms with Gasteiger partial charge in [0.2, 0.25) is 0 Å². The molecule has 0 atom stereocenters. The minimum Gasteiger partial charge on any atom is -0.348 e. The number of rotatable bonds is 8. The predicted molar refractivity (Wildman–Crippen MR) is 133 cm³/mol. The third kappa shape index (κ3) is 6.82. The van der Waals surface area contributed by atoms with Crippen LogP contribution in [0.2, 0.25) is 0 Å². The zero-order valence-corrected chi connectivity index (χ0v) is 20.1. The normalized spacial score (nSPS) is 11.1. The highest BCUT2D eigenvalue weighted by Crippen LogP contribution is 2.19. The molecule has 4 N–H and O–H groups in total. The van der Waals surface area contributed by atoms with E-state index in [2.05, 4.69) is 20.7 Å². The molecule has 0 heterocycles. The first-order chi connectivity index (χ1) is 16.1. The summed E-state index contributed by atoms with van der Waals surface area (Å²) in [6.07, 6.45) is 0. The van der Waals surface area contributed by atoms with Crippen molar-refractivity contribution >= 4 is 33.3 Å². The molecule has 0 bridgehead atoms. The van der Waals surface area contributed by atoms with Crippen LogP contribution in [0.1, 0.15) is 35.3 Å². The van der Waals surface area contributed by atoms with Gasteiger partial charge in [-0.2, -0.15) is 0 Å². The van der Waals surface area contributed by atoms with Gasteiger partial charge in [0.25, 0.3) is 15.9 Å². The lowest BCUT2D eigenvalue weighted by Crippen LogP contribution is -2.34. The number of amides is 3. The molecule has 0 saturated carbocycles. The molecule has 3 amide bonds. The van der Waals surface area contributed by atoms with Gasteiger partial charge in [-0.3, -0.25) is 9.52 Å². The molecule has 3 aromatic carbocycles. The molecule has 8 nitrogen and oxygen atoms in total. The zero-order valence-electron chi connectivity index (χ0n) is 19.3. The Morgan fingerprint density at radius 3 is 2.15 bits per heavy atom. The van der Waals surface area contributed by atoms with Gasteiger partial charge < -0.3 is 16.0 Å². The standard InChI is InChI=1S/C25H28N4O4S/c1-17(2)27-25(31)28-21-12-8-19(9-13-21)16-26-24(30)20-10-14-22(15-11-20)34(32,33)29-23-7-5-4-6-18(23)3/h4-15,17,29H,16H2,1-3H3,(H,26,30)(H2,27,28,31). The Labute approximate surface area is 199 Å². The Kier molecular flexibility index (Phi) is 7.91. The first-order valence-corrected chi connectivity index (χ1v) is 12.3. The largest absolute Gasteiger partial charge is 0.348 e. The molecule has 0 unspecified atom stereocenters. The van der Waals surface area contributed by atoms with Crippen LogP contribution in [0, 0.1) is 6.92 Å². The van der Waals surface area contributed by atoms with Crippen molar-refractivity contribution in [2.45, 2.75) is 38.3 Å². The maximum absolute atomic E-state index is 12.7. The van der Waals surface area contributed by atoms with Crippen LogP contribution in [0.4, 0.5) is 16.2 Å². The van der Waals surface area contributed by atoms with Crippen molar-refractivity contribution in [3.63, 3.8) is 0 Å². The van der Waals surface area contributed by atoms with Gasteiger partial charge in [-0.1, -0.05) is 30.3 Å². The third-order valence-corrected chi connectivity index (χ3v) is 6.28. The van der Waals surface area contributed by atoms with Crippen LogP contribution >= 0.6 is 0 Å². The number of aryl methyl sites for hydroxylation is 1. The van der Waals surface area contributed by atoms with E-state index in [9.17, 15) is 18.0 Å². The van der Waals surface area contributed by atoms with Gasteiger partial charge in [0, 0.05) is 23.8 Å². The summed E-state index contributed by atoms with van der Waals surface area (Å²) >= 11 is 0. The van der Waals surface area contributed by atoms with E-state index in [0.717, 1.165) is 11.1 Å². The number of para-hydroxylation sites is 1. The van der Waals surface area contributed by atoms with E-state index < -0.39 is 10.0 Å². The summed E-state index contributed by atoms with van der Waals surface area (Å²) < 4.78 is 27.9. The van der Waals surface area contributed by atoms with Crippen LogP contribution in [-0.4, -0.2) is 26.4 Å². The highest BCUT2D eigenvalue weighted by molar-refractivity contribution is 7.92. The molecule has 0 radical (unpaired) electrons. The Balaban J connectivity index is 1.56. The number of benzene rings is 3. The fraction of sp³-hybridized carbons (Fsp3) is 0.200. The number of hydrogen-bond donors (Lipinski definition) is 4. The Morgan fingerprint density at radius 2 is 1.53 bits per heavy atom. The van der Waals surface area contributed by atoms with Crippen LogP contribution in [0.15, 0.2) is 77.7 Å². The van der Waals surface area contributed by atoms with E-state index in [0.29, 0.717) is 16.9 Å². The number of urea groups is 1. The Bertz CT molecular complexity index is 1250. The monoisotopic (exact) mass is 480 g/mol. The molecule has 9 heteroatoms. The quantitative estimate of drug-likeness (QED) is 0.385. The average molecular weight is 481 g/mol. The van der Waals surface area contributed by atoms with E-state index >= 15 is 0 Å². The van der Waals surface area contributed by atoms with Crippen LogP contribution in [-0.2, 0) is 16.6 Å².